The number of carboxylic acid groups (broad SMARTS) is 1. The first kappa shape index (κ1) is 14.9. The summed E-state index contributed by atoms with van der Waals surface area (Å²) in [6, 6.07) is 0. The molecule has 0 saturated carbocycles. The van der Waals surface area contributed by atoms with Crippen molar-refractivity contribution >= 4 is 32.5 Å². The van der Waals surface area contributed by atoms with Gasteiger partial charge in [-0.15, -0.1) is 11.3 Å². The number of aliphatic carboxylic acids is 1. The van der Waals surface area contributed by atoms with Gasteiger partial charge in [-0.25, -0.2) is 13.4 Å². The number of hydrogen-bond acceptors (Lipinski definition) is 5. The van der Waals surface area contributed by atoms with Crippen molar-refractivity contribution in [2.24, 2.45) is 0 Å². The Labute approximate surface area is 110 Å². The van der Waals surface area contributed by atoms with Gasteiger partial charge >= 0.3 is 5.97 Å². The molecule has 8 heteroatoms. The molecule has 0 saturated heterocycles. The number of carboxylic acids is 1. The van der Waals surface area contributed by atoms with Crippen molar-refractivity contribution in [1.82, 2.24) is 4.98 Å². The van der Waals surface area contributed by atoms with E-state index in [1.807, 2.05) is 13.8 Å². The number of carbonyl (C=O) groups is 1. The normalized spacial score (nSPS) is 11.4. The zero-order valence-electron chi connectivity index (χ0n) is 10.3. The quantitative estimate of drug-likeness (QED) is 0.796. The van der Waals surface area contributed by atoms with E-state index >= 15 is 0 Å². The Balaban J connectivity index is 2.61. The number of aromatic nitrogens is 1. The molecule has 0 aromatic carbocycles. The molecule has 0 spiro atoms. The molecule has 1 heterocycles. The molecule has 2 N–H and O–H groups in total. The van der Waals surface area contributed by atoms with Gasteiger partial charge in [0.2, 0.25) is 10.0 Å². The van der Waals surface area contributed by atoms with Crippen molar-refractivity contribution in [3.63, 3.8) is 0 Å². The lowest BCUT2D eigenvalue weighted by molar-refractivity contribution is -0.137. The fraction of sp³-hybridized carbons (Fsp3) is 0.600. The molecule has 102 valence electrons. The third kappa shape index (κ3) is 4.61. The van der Waals surface area contributed by atoms with E-state index in [9.17, 15) is 13.2 Å². The minimum atomic E-state index is -3.51. The molecule has 0 radical (unpaired) electrons. The van der Waals surface area contributed by atoms with E-state index in [-0.39, 0.29) is 18.6 Å². The minimum Gasteiger partial charge on any atom is -0.481 e. The van der Waals surface area contributed by atoms with Crippen molar-refractivity contribution in [2.45, 2.75) is 33.1 Å². The fourth-order valence-corrected chi connectivity index (χ4v) is 3.64. The SMILES string of the molecule is CCc1nc(NS(=O)(=O)CCCC(=O)O)sc1C. The van der Waals surface area contributed by atoms with Gasteiger partial charge in [-0.1, -0.05) is 6.92 Å². The molecule has 0 aliphatic carbocycles. The van der Waals surface area contributed by atoms with Gasteiger partial charge in [0.1, 0.15) is 0 Å². The summed E-state index contributed by atoms with van der Waals surface area (Å²) in [5.74, 6) is -1.21. The van der Waals surface area contributed by atoms with E-state index in [0.717, 1.165) is 17.0 Å². The molecule has 0 amide bonds. The maximum absolute atomic E-state index is 11.7. The molecule has 0 unspecified atom stereocenters. The smallest absolute Gasteiger partial charge is 0.303 e. The first-order valence-corrected chi connectivity index (χ1v) is 7.99. The molecule has 0 atom stereocenters. The average molecular weight is 292 g/mol. The molecular weight excluding hydrogens is 276 g/mol. The highest BCUT2D eigenvalue weighted by Crippen LogP contribution is 2.23. The first-order chi connectivity index (χ1) is 8.34. The number of sulfonamides is 1. The van der Waals surface area contributed by atoms with Gasteiger partial charge in [0.15, 0.2) is 5.13 Å². The third-order valence-corrected chi connectivity index (χ3v) is 4.66. The van der Waals surface area contributed by atoms with Gasteiger partial charge in [0, 0.05) is 11.3 Å². The predicted octanol–water partition coefficient (Wildman–Crippen LogP) is 1.62. The Hall–Kier alpha value is -1.15. The van der Waals surface area contributed by atoms with Gasteiger partial charge in [0.05, 0.1) is 11.4 Å². The summed E-state index contributed by atoms with van der Waals surface area (Å²) in [6.45, 7) is 3.84. The monoisotopic (exact) mass is 292 g/mol. The maximum Gasteiger partial charge on any atom is 0.303 e. The van der Waals surface area contributed by atoms with Gasteiger partial charge in [-0.05, 0) is 19.8 Å². The highest BCUT2D eigenvalue weighted by Gasteiger charge is 2.14. The van der Waals surface area contributed by atoms with E-state index in [0.29, 0.717) is 5.13 Å². The van der Waals surface area contributed by atoms with Crippen LogP contribution >= 0.6 is 11.3 Å². The Morgan fingerprint density at radius 3 is 2.67 bits per heavy atom. The second-order valence-corrected chi connectivity index (χ2v) is 6.84. The van der Waals surface area contributed by atoms with Gasteiger partial charge in [0.25, 0.3) is 0 Å². The Bertz CT molecular complexity index is 522. The van der Waals surface area contributed by atoms with E-state index in [4.69, 9.17) is 5.11 Å². The van der Waals surface area contributed by atoms with Crippen molar-refractivity contribution in [3.05, 3.63) is 10.6 Å². The lowest BCUT2D eigenvalue weighted by atomic mass is 10.3. The maximum atomic E-state index is 11.7. The predicted molar refractivity (Wildman–Crippen MR) is 70.5 cm³/mol. The summed E-state index contributed by atoms with van der Waals surface area (Å²) in [4.78, 5) is 15.5. The number of nitrogens with zero attached hydrogens (tertiary/aromatic N) is 1. The fourth-order valence-electron chi connectivity index (χ4n) is 1.40. The second-order valence-electron chi connectivity index (χ2n) is 3.79. The van der Waals surface area contributed by atoms with E-state index in [1.54, 1.807) is 0 Å². The number of hydrogen-bond donors (Lipinski definition) is 2. The van der Waals surface area contributed by atoms with Crippen LogP contribution in [0.2, 0.25) is 0 Å². The van der Waals surface area contributed by atoms with Crippen LogP contribution in [0.4, 0.5) is 5.13 Å². The molecule has 1 aromatic heterocycles. The zero-order valence-corrected chi connectivity index (χ0v) is 11.9. The molecular formula is C10H16N2O4S2. The number of anilines is 1. The molecule has 0 bridgehead atoms. The van der Waals surface area contributed by atoms with Crippen LogP contribution < -0.4 is 4.72 Å². The molecule has 0 aliphatic rings. The van der Waals surface area contributed by atoms with Crippen LogP contribution in [-0.4, -0.2) is 30.2 Å². The van der Waals surface area contributed by atoms with Crippen LogP contribution in [0.3, 0.4) is 0 Å². The highest BCUT2D eigenvalue weighted by molar-refractivity contribution is 7.92. The van der Waals surface area contributed by atoms with Gasteiger partial charge in [-0.2, -0.15) is 0 Å². The van der Waals surface area contributed by atoms with E-state index in [1.165, 1.54) is 11.3 Å². The van der Waals surface area contributed by atoms with Crippen LogP contribution in [0, 0.1) is 6.92 Å². The van der Waals surface area contributed by atoms with Crippen LogP contribution in [0.15, 0.2) is 0 Å². The van der Waals surface area contributed by atoms with Gasteiger partial charge in [-0.3, -0.25) is 9.52 Å². The largest absolute Gasteiger partial charge is 0.481 e. The van der Waals surface area contributed by atoms with Gasteiger partial charge < -0.3 is 5.11 Å². The van der Waals surface area contributed by atoms with E-state index in [2.05, 4.69) is 9.71 Å². The van der Waals surface area contributed by atoms with Crippen LogP contribution in [0.1, 0.15) is 30.3 Å². The average Bonchev–Trinajstić information content (AvgIpc) is 2.56. The second kappa shape index (κ2) is 6.14. The zero-order chi connectivity index (χ0) is 13.8. The van der Waals surface area contributed by atoms with Crippen molar-refractivity contribution in [2.75, 3.05) is 10.5 Å². The summed E-state index contributed by atoms with van der Waals surface area (Å²) in [7, 11) is -3.51. The van der Waals surface area contributed by atoms with E-state index < -0.39 is 16.0 Å². The molecule has 1 rings (SSSR count). The van der Waals surface area contributed by atoms with Crippen LogP contribution in [-0.2, 0) is 21.2 Å². The number of nitrogens with one attached hydrogen (secondary N) is 1. The summed E-state index contributed by atoms with van der Waals surface area (Å²) < 4.78 is 25.7. The summed E-state index contributed by atoms with van der Waals surface area (Å²) in [5.41, 5.74) is 0.878. The number of thiazole rings is 1. The topological polar surface area (TPSA) is 96.4 Å². The molecule has 6 nitrogen and oxygen atoms in total. The van der Waals surface area contributed by atoms with Crippen molar-refractivity contribution in [1.29, 1.82) is 0 Å². The highest BCUT2D eigenvalue weighted by atomic mass is 32.2. The standard InChI is InChI=1S/C10H16N2O4S2/c1-3-8-7(2)17-10(11-8)12-18(15,16)6-4-5-9(13)14/h3-6H2,1-2H3,(H,11,12)(H,13,14). The molecule has 1 aromatic rings. The Kier molecular flexibility index (Phi) is 5.09. The lowest BCUT2D eigenvalue weighted by Crippen LogP contribution is -2.17. The molecule has 0 fully saturated rings. The molecule has 18 heavy (non-hydrogen) atoms. The first-order valence-electron chi connectivity index (χ1n) is 5.52. The molecule has 0 aliphatic heterocycles. The summed E-state index contributed by atoms with van der Waals surface area (Å²) in [6.07, 6.45) is 0.691. The van der Waals surface area contributed by atoms with Crippen LogP contribution in [0.5, 0.6) is 0 Å². The summed E-state index contributed by atoms with van der Waals surface area (Å²) >= 11 is 1.29. The van der Waals surface area contributed by atoms with Crippen LogP contribution in [0.25, 0.3) is 0 Å². The third-order valence-electron chi connectivity index (χ3n) is 2.27. The minimum absolute atomic E-state index is 0.0929. The Morgan fingerprint density at radius 1 is 1.50 bits per heavy atom. The van der Waals surface area contributed by atoms with Crippen molar-refractivity contribution < 1.29 is 18.3 Å². The Morgan fingerprint density at radius 2 is 2.17 bits per heavy atom. The summed E-state index contributed by atoms with van der Waals surface area (Å²) in [5, 5.41) is 8.79. The number of rotatable bonds is 7. The van der Waals surface area contributed by atoms with Crippen molar-refractivity contribution in [3.8, 4) is 0 Å². The number of aryl methyl sites for hydroxylation is 2. The lowest BCUT2D eigenvalue weighted by Gasteiger charge is -2.03.